The summed E-state index contributed by atoms with van der Waals surface area (Å²) in [6.07, 6.45) is 0. The smallest absolute Gasteiger partial charge is 0.278 e. The summed E-state index contributed by atoms with van der Waals surface area (Å²) in [5.41, 5.74) is 2.47. The summed E-state index contributed by atoms with van der Waals surface area (Å²) in [7, 11) is 1.59. The normalized spacial score (nSPS) is 19.1. The second kappa shape index (κ2) is 7.23. The molecule has 0 bridgehead atoms. The van der Waals surface area contributed by atoms with Crippen molar-refractivity contribution in [2.75, 3.05) is 22.3 Å². The molecule has 7 heteroatoms. The number of rotatable bonds is 4. The van der Waals surface area contributed by atoms with E-state index in [1.54, 1.807) is 29.2 Å². The SMILES string of the molecule is COc1ccc(N2C(C(C)=O)=NN(c3ccc(C)cc3)C23C(=O)Nc2ccccc23)cc1. The predicted octanol–water partition coefficient (Wildman–Crippen LogP) is 4.04. The summed E-state index contributed by atoms with van der Waals surface area (Å²) < 4.78 is 5.30. The van der Waals surface area contributed by atoms with E-state index in [2.05, 4.69) is 5.32 Å². The van der Waals surface area contributed by atoms with E-state index in [-0.39, 0.29) is 17.5 Å². The highest BCUT2D eigenvalue weighted by molar-refractivity contribution is 6.46. The lowest BCUT2D eigenvalue weighted by molar-refractivity contribution is -0.120. The lowest BCUT2D eigenvalue weighted by Gasteiger charge is -2.39. The molecule has 160 valence electrons. The van der Waals surface area contributed by atoms with Crippen molar-refractivity contribution in [2.45, 2.75) is 19.5 Å². The molecule has 0 radical (unpaired) electrons. The number of aryl methyl sites for hydroxylation is 1. The number of hydrazone groups is 1. The number of carbonyl (C=O) groups is 2. The van der Waals surface area contributed by atoms with Gasteiger partial charge in [0.15, 0.2) is 11.6 Å². The maximum Gasteiger partial charge on any atom is 0.278 e. The van der Waals surface area contributed by atoms with Gasteiger partial charge in [0.25, 0.3) is 5.91 Å². The summed E-state index contributed by atoms with van der Waals surface area (Å²) in [5, 5.41) is 9.35. The Morgan fingerprint density at radius 3 is 2.28 bits per heavy atom. The van der Waals surface area contributed by atoms with Crippen LogP contribution in [0.15, 0.2) is 77.9 Å². The molecule has 0 aliphatic carbocycles. The molecule has 3 aromatic rings. The van der Waals surface area contributed by atoms with Crippen LogP contribution in [0.25, 0.3) is 0 Å². The Hall–Kier alpha value is -4.13. The van der Waals surface area contributed by atoms with Crippen molar-refractivity contribution < 1.29 is 14.3 Å². The van der Waals surface area contributed by atoms with Gasteiger partial charge in [-0.3, -0.25) is 14.5 Å². The Kier molecular flexibility index (Phi) is 4.48. The third-order valence-electron chi connectivity index (χ3n) is 5.83. The molecule has 2 aliphatic rings. The summed E-state index contributed by atoms with van der Waals surface area (Å²) in [6.45, 7) is 3.45. The Labute approximate surface area is 185 Å². The molecule has 1 atom stereocenters. The fourth-order valence-electron chi connectivity index (χ4n) is 4.32. The van der Waals surface area contributed by atoms with Crippen LogP contribution in [0.5, 0.6) is 5.75 Å². The van der Waals surface area contributed by atoms with E-state index in [1.165, 1.54) is 6.92 Å². The molecule has 0 aromatic heterocycles. The highest BCUT2D eigenvalue weighted by Gasteiger charge is 2.62. The van der Waals surface area contributed by atoms with E-state index in [0.29, 0.717) is 22.8 Å². The van der Waals surface area contributed by atoms with Gasteiger partial charge in [0.2, 0.25) is 5.66 Å². The number of hydrogen-bond acceptors (Lipinski definition) is 6. The van der Waals surface area contributed by atoms with Gasteiger partial charge >= 0.3 is 0 Å². The van der Waals surface area contributed by atoms with Gasteiger partial charge in [-0.15, -0.1) is 5.10 Å². The number of nitrogens with zero attached hydrogens (tertiary/aromatic N) is 3. The van der Waals surface area contributed by atoms with Crippen molar-refractivity contribution >= 4 is 34.6 Å². The molecule has 5 rings (SSSR count). The minimum absolute atomic E-state index is 0.183. The maximum absolute atomic E-state index is 13.8. The van der Waals surface area contributed by atoms with Crippen molar-refractivity contribution in [1.29, 1.82) is 0 Å². The van der Waals surface area contributed by atoms with Gasteiger partial charge in [-0.2, -0.15) is 0 Å². The van der Waals surface area contributed by atoms with E-state index in [4.69, 9.17) is 9.84 Å². The predicted molar refractivity (Wildman–Crippen MR) is 124 cm³/mol. The monoisotopic (exact) mass is 426 g/mol. The first-order chi connectivity index (χ1) is 15.5. The average molecular weight is 426 g/mol. The molecule has 7 nitrogen and oxygen atoms in total. The summed E-state index contributed by atoms with van der Waals surface area (Å²) >= 11 is 0. The highest BCUT2D eigenvalue weighted by atomic mass is 16.5. The zero-order valence-corrected chi connectivity index (χ0v) is 18.0. The molecule has 2 aliphatic heterocycles. The third kappa shape index (κ3) is 2.71. The van der Waals surface area contributed by atoms with Gasteiger partial charge in [-0.1, -0.05) is 35.9 Å². The minimum Gasteiger partial charge on any atom is -0.497 e. The molecule has 2 heterocycles. The van der Waals surface area contributed by atoms with Crippen molar-refractivity contribution in [3.63, 3.8) is 0 Å². The second-order valence-electron chi connectivity index (χ2n) is 7.83. The molecular formula is C25H22N4O3. The first kappa shape index (κ1) is 19.8. The van der Waals surface area contributed by atoms with Crippen molar-refractivity contribution in [2.24, 2.45) is 5.10 Å². The minimum atomic E-state index is -1.39. The number of methoxy groups -OCH3 is 1. The third-order valence-corrected chi connectivity index (χ3v) is 5.83. The van der Waals surface area contributed by atoms with E-state index in [9.17, 15) is 9.59 Å². The van der Waals surface area contributed by atoms with Crippen LogP contribution in [-0.4, -0.2) is 24.6 Å². The molecule has 1 spiro atoms. The van der Waals surface area contributed by atoms with E-state index < -0.39 is 5.66 Å². The summed E-state index contributed by atoms with van der Waals surface area (Å²) in [5.74, 6) is 0.333. The summed E-state index contributed by atoms with van der Waals surface area (Å²) in [6, 6.07) is 22.5. The number of fused-ring (bicyclic) bond motifs is 2. The van der Waals surface area contributed by atoms with Gasteiger partial charge in [-0.05, 0) is 49.4 Å². The number of benzene rings is 3. The van der Waals surface area contributed by atoms with Gasteiger partial charge in [0, 0.05) is 23.9 Å². The van der Waals surface area contributed by atoms with Gasteiger partial charge in [0.05, 0.1) is 12.8 Å². The maximum atomic E-state index is 13.8. The van der Waals surface area contributed by atoms with E-state index in [0.717, 1.165) is 11.1 Å². The number of nitrogens with one attached hydrogen (secondary N) is 1. The van der Waals surface area contributed by atoms with E-state index in [1.807, 2.05) is 67.6 Å². The number of amidine groups is 1. The molecule has 32 heavy (non-hydrogen) atoms. The first-order valence-electron chi connectivity index (χ1n) is 10.3. The van der Waals surface area contributed by atoms with Gasteiger partial charge in [-0.25, -0.2) is 5.01 Å². The number of Topliss-reactive ketones (excluding diaryl/α,β-unsaturated/α-hetero) is 1. The van der Waals surface area contributed by atoms with Crippen molar-refractivity contribution in [3.05, 3.63) is 83.9 Å². The Balaban J connectivity index is 1.80. The summed E-state index contributed by atoms with van der Waals surface area (Å²) in [4.78, 5) is 28.3. The fraction of sp³-hybridized carbons (Fsp3) is 0.160. The molecule has 3 aromatic carbocycles. The van der Waals surface area contributed by atoms with Gasteiger partial charge < -0.3 is 10.1 Å². The number of ether oxygens (including phenoxy) is 1. The van der Waals surface area contributed by atoms with Crippen molar-refractivity contribution in [1.82, 2.24) is 0 Å². The number of para-hydroxylation sites is 1. The molecule has 0 saturated carbocycles. The van der Waals surface area contributed by atoms with Crippen LogP contribution in [0.4, 0.5) is 17.1 Å². The van der Waals surface area contributed by atoms with Crippen LogP contribution >= 0.6 is 0 Å². The van der Waals surface area contributed by atoms with Gasteiger partial charge in [0.1, 0.15) is 5.75 Å². The van der Waals surface area contributed by atoms with Crippen LogP contribution < -0.4 is 20.0 Å². The van der Waals surface area contributed by atoms with Crippen LogP contribution in [-0.2, 0) is 15.3 Å². The number of carbonyl (C=O) groups excluding carboxylic acids is 2. The zero-order chi connectivity index (χ0) is 22.5. The van der Waals surface area contributed by atoms with E-state index >= 15 is 0 Å². The zero-order valence-electron chi connectivity index (χ0n) is 18.0. The Morgan fingerprint density at radius 2 is 1.62 bits per heavy atom. The number of hydrogen-bond donors (Lipinski definition) is 1. The Bertz CT molecular complexity index is 1250. The lowest BCUT2D eigenvalue weighted by atomic mass is 9.96. The molecule has 0 fully saturated rings. The number of ketones is 1. The molecule has 1 amide bonds. The van der Waals surface area contributed by atoms with Crippen LogP contribution in [0.1, 0.15) is 18.1 Å². The molecule has 1 unspecified atom stereocenters. The van der Waals surface area contributed by atoms with Crippen molar-refractivity contribution in [3.8, 4) is 5.75 Å². The largest absolute Gasteiger partial charge is 0.497 e. The standard InChI is InChI=1S/C25H22N4O3/c1-16-8-10-19(11-9-16)29-25(21-6-4-5-7-22(21)26-24(25)31)28(23(27-29)17(2)30)18-12-14-20(32-3)15-13-18/h4-15H,1-3H3,(H,26,31). The molecule has 0 saturated heterocycles. The van der Waals surface area contributed by atoms with Crippen LogP contribution in [0, 0.1) is 6.92 Å². The highest BCUT2D eigenvalue weighted by Crippen LogP contribution is 2.50. The number of amides is 1. The number of anilines is 3. The first-order valence-corrected chi connectivity index (χ1v) is 10.3. The fourth-order valence-corrected chi connectivity index (χ4v) is 4.32. The van der Waals surface area contributed by atoms with Crippen LogP contribution in [0.3, 0.4) is 0 Å². The molecule has 1 N–H and O–H groups in total. The molecular weight excluding hydrogens is 404 g/mol. The Morgan fingerprint density at radius 1 is 0.969 bits per heavy atom. The second-order valence-corrected chi connectivity index (χ2v) is 7.83. The average Bonchev–Trinajstić information content (AvgIpc) is 3.31. The van der Waals surface area contributed by atoms with Crippen LogP contribution in [0.2, 0.25) is 0 Å². The topological polar surface area (TPSA) is 74.2 Å². The quantitative estimate of drug-likeness (QED) is 0.682. The lowest BCUT2D eigenvalue weighted by Crippen LogP contribution is -2.58.